The summed E-state index contributed by atoms with van der Waals surface area (Å²) in [5, 5.41) is 0.674. The van der Waals surface area contributed by atoms with Crippen molar-refractivity contribution in [2.45, 2.75) is 25.8 Å². The molecule has 4 heteroatoms. The zero-order valence-corrected chi connectivity index (χ0v) is 7.55. The zero-order chi connectivity index (χ0) is 8.48. The van der Waals surface area contributed by atoms with Crippen LogP contribution in [0.2, 0.25) is 0 Å². The third kappa shape index (κ3) is 1.92. The first-order chi connectivity index (χ1) is 5.06. The van der Waals surface area contributed by atoms with E-state index in [-0.39, 0.29) is 6.04 Å². The summed E-state index contributed by atoms with van der Waals surface area (Å²) in [5.41, 5.74) is 5.57. The predicted molar refractivity (Wildman–Crippen MR) is 45.7 cm³/mol. The first kappa shape index (κ1) is 8.98. The van der Waals surface area contributed by atoms with Gasteiger partial charge in [0, 0.05) is 17.5 Å². The molecule has 64 valence electrons. The molecule has 3 nitrogen and oxygen atoms in total. The number of hydrogen-bond acceptors (Lipinski definition) is 2. The lowest BCUT2D eigenvalue weighted by molar-refractivity contribution is 0.485. The highest BCUT2D eigenvalue weighted by molar-refractivity contribution is 7.62. The van der Waals surface area contributed by atoms with E-state index in [9.17, 15) is 9.46 Å². The van der Waals surface area contributed by atoms with Crippen LogP contribution in [0.25, 0.3) is 0 Å². The van der Waals surface area contributed by atoms with E-state index in [2.05, 4.69) is 0 Å². The Kier molecular flexibility index (Phi) is 2.53. The van der Waals surface area contributed by atoms with Crippen LogP contribution in [-0.4, -0.2) is 17.1 Å². The Morgan fingerprint density at radius 1 is 1.91 bits per heavy atom. The molecule has 1 aliphatic carbocycles. The molecular weight excluding hydrogens is 161 g/mol. The molecule has 2 atom stereocenters. The number of hydrogen-bond donors (Lipinski definition) is 2. The monoisotopic (exact) mass is 175 g/mol. The molecule has 0 aromatic rings. The van der Waals surface area contributed by atoms with E-state index in [1.807, 2.05) is 0 Å². The molecule has 11 heavy (non-hydrogen) atoms. The summed E-state index contributed by atoms with van der Waals surface area (Å²) in [6, 6.07) is -0.00275. The minimum absolute atomic E-state index is 0.00275. The summed E-state index contributed by atoms with van der Waals surface area (Å²) >= 11 is 0. The third-order valence-corrected chi connectivity index (χ3v) is 4.15. The highest BCUT2D eigenvalue weighted by Crippen LogP contribution is 2.53. The molecule has 0 bridgehead atoms. The lowest BCUT2D eigenvalue weighted by Crippen LogP contribution is -2.11. The summed E-state index contributed by atoms with van der Waals surface area (Å²) in [6.45, 7) is 1.73. The molecule has 2 unspecified atom stereocenters. The Bertz CT molecular complexity index is 224. The molecule has 0 saturated heterocycles. The maximum atomic E-state index is 11.4. The smallest absolute Gasteiger partial charge is 0.225 e. The second kappa shape index (κ2) is 3.10. The lowest BCUT2D eigenvalue weighted by atomic mass is 10.3. The van der Waals surface area contributed by atoms with Gasteiger partial charge < -0.3 is 10.6 Å². The van der Waals surface area contributed by atoms with E-state index < -0.39 is 7.37 Å². The predicted octanol–water partition coefficient (Wildman–Crippen LogP) is 1.28. The SMILES string of the molecule is CCP(=O)(O)C1=CC(N)CC1. The van der Waals surface area contributed by atoms with Crippen molar-refractivity contribution in [2.75, 3.05) is 6.16 Å². The van der Waals surface area contributed by atoms with Crippen molar-refractivity contribution in [1.82, 2.24) is 0 Å². The van der Waals surface area contributed by atoms with Gasteiger partial charge in [-0.05, 0) is 12.8 Å². The van der Waals surface area contributed by atoms with Gasteiger partial charge in [-0.1, -0.05) is 13.0 Å². The number of nitrogens with two attached hydrogens (primary N) is 1. The molecule has 0 radical (unpaired) electrons. The topological polar surface area (TPSA) is 63.3 Å². The van der Waals surface area contributed by atoms with Crippen molar-refractivity contribution < 1.29 is 9.46 Å². The van der Waals surface area contributed by atoms with Gasteiger partial charge in [0.1, 0.15) is 0 Å². The van der Waals surface area contributed by atoms with Crippen LogP contribution < -0.4 is 5.73 Å². The molecule has 0 amide bonds. The van der Waals surface area contributed by atoms with Gasteiger partial charge in [0.15, 0.2) is 0 Å². The molecule has 0 heterocycles. The Morgan fingerprint density at radius 2 is 2.55 bits per heavy atom. The molecule has 0 aromatic carbocycles. The quantitative estimate of drug-likeness (QED) is 0.621. The summed E-state index contributed by atoms with van der Waals surface area (Å²) < 4.78 is 11.4. The highest BCUT2D eigenvalue weighted by Gasteiger charge is 2.26. The maximum Gasteiger partial charge on any atom is 0.225 e. The van der Waals surface area contributed by atoms with Crippen LogP contribution >= 0.6 is 7.37 Å². The summed E-state index contributed by atoms with van der Waals surface area (Å²) in [7, 11) is -2.98. The van der Waals surface area contributed by atoms with Crippen LogP contribution in [0.3, 0.4) is 0 Å². The van der Waals surface area contributed by atoms with Crippen molar-refractivity contribution in [1.29, 1.82) is 0 Å². The standard InChI is InChI=1S/C7H14NO2P/c1-2-11(9,10)7-4-3-6(8)5-7/h5-6H,2-4,8H2,1H3,(H,9,10). The number of rotatable bonds is 2. The minimum atomic E-state index is -2.98. The maximum absolute atomic E-state index is 11.4. The van der Waals surface area contributed by atoms with Gasteiger partial charge in [0.25, 0.3) is 0 Å². The molecular formula is C7H14NO2P. The summed E-state index contributed by atoms with van der Waals surface area (Å²) in [5.74, 6) is 0. The Morgan fingerprint density at radius 3 is 2.91 bits per heavy atom. The highest BCUT2D eigenvalue weighted by atomic mass is 31.2. The van der Waals surface area contributed by atoms with Gasteiger partial charge in [-0.25, -0.2) is 0 Å². The molecule has 0 fully saturated rings. The van der Waals surface area contributed by atoms with Crippen molar-refractivity contribution in [3.8, 4) is 0 Å². The average Bonchev–Trinajstić information content (AvgIpc) is 2.36. The molecule has 0 aromatic heterocycles. The van der Waals surface area contributed by atoms with Gasteiger partial charge in [-0.2, -0.15) is 0 Å². The molecule has 0 saturated carbocycles. The lowest BCUT2D eigenvalue weighted by Gasteiger charge is -2.08. The normalized spacial score (nSPS) is 29.7. The van der Waals surface area contributed by atoms with E-state index in [0.717, 1.165) is 6.42 Å². The van der Waals surface area contributed by atoms with Gasteiger partial charge >= 0.3 is 0 Å². The zero-order valence-electron chi connectivity index (χ0n) is 6.66. The largest absolute Gasteiger partial charge is 0.341 e. The second-order valence-corrected chi connectivity index (χ2v) is 5.49. The summed E-state index contributed by atoms with van der Waals surface area (Å²) in [4.78, 5) is 9.37. The van der Waals surface area contributed by atoms with Crippen LogP contribution in [-0.2, 0) is 4.57 Å². The molecule has 1 aliphatic rings. The average molecular weight is 175 g/mol. The first-order valence-electron chi connectivity index (χ1n) is 3.85. The fourth-order valence-electron chi connectivity index (χ4n) is 1.22. The van der Waals surface area contributed by atoms with Crippen LogP contribution in [0.15, 0.2) is 11.4 Å². The van der Waals surface area contributed by atoms with E-state index >= 15 is 0 Å². The molecule has 0 spiro atoms. The van der Waals surface area contributed by atoms with Crippen molar-refractivity contribution in [2.24, 2.45) is 5.73 Å². The van der Waals surface area contributed by atoms with Crippen molar-refractivity contribution >= 4 is 7.37 Å². The van der Waals surface area contributed by atoms with Crippen molar-refractivity contribution in [3.05, 3.63) is 11.4 Å². The second-order valence-electron chi connectivity index (χ2n) is 2.88. The number of allylic oxidation sites excluding steroid dienone is 1. The Balaban J connectivity index is 2.76. The van der Waals surface area contributed by atoms with Crippen LogP contribution in [0, 0.1) is 0 Å². The first-order valence-corrected chi connectivity index (χ1v) is 5.69. The third-order valence-electron chi connectivity index (χ3n) is 2.02. The Hall–Kier alpha value is -0.110. The minimum Gasteiger partial charge on any atom is -0.341 e. The van der Waals surface area contributed by atoms with E-state index in [0.29, 0.717) is 17.9 Å². The molecule has 1 rings (SSSR count). The van der Waals surface area contributed by atoms with Crippen LogP contribution in [0.5, 0.6) is 0 Å². The van der Waals surface area contributed by atoms with E-state index in [1.165, 1.54) is 0 Å². The fraction of sp³-hybridized carbons (Fsp3) is 0.714. The van der Waals surface area contributed by atoms with E-state index in [4.69, 9.17) is 5.73 Å². The summed E-state index contributed by atoms with van der Waals surface area (Å²) in [6.07, 6.45) is 3.58. The van der Waals surface area contributed by atoms with E-state index in [1.54, 1.807) is 13.0 Å². The molecule has 3 N–H and O–H groups in total. The van der Waals surface area contributed by atoms with Gasteiger partial charge in [0.05, 0.1) is 0 Å². The Labute approximate surface area is 66.7 Å². The fourth-order valence-corrected chi connectivity index (χ4v) is 2.53. The van der Waals surface area contributed by atoms with Gasteiger partial charge in [0.2, 0.25) is 7.37 Å². The van der Waals surface area contributed by atoms with Crippen molar-refractivity contribution in [3.63, 3.8) is 0 Å². The van der Waals surface area contributed by atoms with Crippen LogP contribution in [0.4, 0.5) is 0 Å². The van der Waals surface area contributed by atoms with Crippen LogP contribution in [0.1, 0.15) is 19.8 Å². The van der Waals surface area contributed by atoms with Gasteiger partial charge in [-0.15, -0.1) is 0 Å². The molecule has 0 aliphatic heterocycles. The van der Waals surface area contributed by atoms with Gasteiger partial charge in [-0.3, -0.25) is 4.57 Å².